The van der Waals surface area contributed by atoms with Crippen LogP contribution in [0.4, 0.5) is 0 Å². The third-order valence-corrected chi connectivity index (χ3v) is 4.35. The van der Waals surface area contributed by atoms with Crippen molar-refractivity contribution in [3.05, 3.63) is 34.3 Å². The Morgan fingerprint density at radius 1 is 1.33 bits per heavy atom. The summed E-state index contributed by atoms with van der Waals surface area (Å²) in [6.45, 7) is 0.947. The summed E-state index contributed by atoms with van der Waals surface area (Å²) in [5.41, 5.74) is 1.71. The summed E-state index contributed by atoms with van der Waals surface area (Å²) >= 11 is 3.49. The van der Waals surface area contributed by atoms with Crippen molar-refractivity contribution in [2.75, 3.05) is 20.6 Å². The third kappa shape index (κ3) is 2.69. The minimum absolute atomic E-state index is 0.285. The Bertz CT molecular complexity index is 421. The number of nitrogens with one attached hydrogen (secondary N) is 2. The standard InChI is InChI=1S/C14H20BrN3/c1-16-13(17-2)18-10-14(8-3-9-14)11-4-6-12(15)7-5-11/h4-7H,3,8-10H2,1-2H3,(H2,16,17,18). The lowest BCUT2D eigenvalue weighted by Gasteiger charge is -2.43. The quantitative estimate of drug-likeness (QED) is 0.665. The minimum Gasteiger partial charge on any atom is -0.359 e. The molecule has 1 aromatic rings. The molecular weight excluding hydrogens is 290 g/mol. The van der Waals surface area contributed by atoms with E-state index in [1.807, 2.05) is 7.05 Å². The topological polar surface area (TPSA) is 36.4 Å². The van der Waals surface area contributed by atoms with E-state index in [4.69, 9.17) is 0 Å². The van der Waals surface area contributed by atoms with Crippen LogP contribution in [-0.2, 0) is 5.41 Å². The van der Waals surface area contributed by atoms with E-state index in [-0.39, 0.29) is 5.41 Å². The summed E-state index contributed by atoms with van der Waals surface area (Å²) < 4.78 is 1.14. The van der Waals surface area contributed by atoms with E-state index >= 15 is 0 Å². The first kappa shape index (κ1) is 13.4. The first-order valence-electron chi connectivity index (χ1n) is 6.35. The molecule has 0 spiro atoms. The fourth-order valence-electron chi connectivity index (χ4n) is 2.51. The molecule has 3 nitrogen and oxygen atoms in total. The van der Waals surface area contributed by atoms with Crippen LogP contribution in [0.25, 0.3) is 0 Å². The Balaban J connectivity index is 2.09. The second-order valence-electron chi connectivity index (χ2n) is 4.82. The van der Waals surface area contributed by atoms with Gasteiger partial charge in [-0.05, 0) is 30.5 Å². The monoisotopic (exact) mass is 309 g/mol. The normalized spacial score (nSPS) is 18.1. The lowest BCUT2D eigenvalue weighted by atomic mass is 9.64. The summed E-state index contributed by atoms with van der Waals surface area (Å²) in [6, 6.07) is 8.71. The molecule has 1 saturated carbocycles. The first-order chi connectivity index (χ1) is 8.70. The van der Waals surface area contributed by atoms with E-state index in [1.165, 1.54) is 24.8 Å². The van der Waals surface area contributed by atoms with Crippen LogP contribution in [0.2, 0.25) is 0 Å². The summed E-state index contributed by atoms with van der Waals surface area (Å²) in [4.78, 5) is 4.16. The summed E-state index contributed by atoms with van der Waals surface area (Å²) in [6.07, 6.45) is 3.82. The molecule has 0 heterocycles. The number of guanidine groups is 1. The van der Waals surface area contributed by atoms with Crippen molar-refractivity contribution in [3.63, 3.8) is 0 Å². The fourth-order valence-corrected chi connectivity index (χ4v) is 2.77. The van der Waals surface area contributed by atoms with Gasteiger partial charge in [0.1, 0.15) is 0 Å². The number of nitrogens with zero attached hydrogens (tertiary/aromatic N) is 1. The van der Waals surface area contributed by atoms with Crippen LogP contribution in [0.1, 0.15) is 24.8 Å². The van der Waals surface area contributed by atoms with Crippen LogP contribution in [0.5, 0.6) is 0 Å². The molecule has 0 aromatic heterocycles. The van der Waals surface area contributed by atoms with Gasteiger partial charge in [-0.2, -0.15) is 0 Å². The van der Waals surface area contributed by atoms with Crippen molar-refractivity contribution >= 4 is 21.9 Å². The van der Waals surface area contributed by atoms with E-state index in [0.29, 0.717) is 0 Å². The second-order valence-corrected chi connectivity index (χ2v) is 5.73. The van der Waals surface area contributed by atoms with E-state index in [1.54, 1.807) is 7.05 Å². The smallest absolute Gasteiger partial charge is 0.190 e. The molecule has 0 aliphatic heterocycles. The maximum Gasteiger partial charge on any atom is 0.190 e. The van der Waals surface area contributed by atoms with Gasteiger partial charge in [-0.15, -0.1) is 0 Å². The molecule has 1 aromatic carbocycles. The van der Waals surface area contributed by atoms with Gasteiger partial charge in [0.15, 0.2) is 5.96 Å². The van der Waals surface area contributed by atoms with Crippen LogP contribution in [-0.4, -0.2) is 26.6 Å². The Morgan fingerprint density at radius 3 is 2.44 bits per heavy atom. The number of aliphatic imine (C=N–C) groups is 1. The Labute approximate surface area is 117 Å². The average Bonchev–Trinajstić information content (AvgIpc) is 2.34. The fraction of sp³-hybridized carbons (Fsp3) is 0.500. The van der Waals surface area contributed by atoms with E-state index in [0.717, 1.165) is 17.0 Å². The largest absolute Gasteiger partial charge is 0.359 e. The van der Waals surface area contributed by atoms with Crippen molar-refractivity contribution in [2.45, 2.75) is 24.7 Å². The van der Waals surface area contributed by atoms with Gasteiger partial charge in [-0.25, -0.2) is 0 Å². The zero-order valence-electron chi connectivity index (χ0n) is 11.0. The Kier molecular flexibility index (Phi) is 4.27. The highest BCUT2D eigenvalue weighted by atomic mass is 79.9. The number of hydrogen-bond acceptors (Lipinski definition) is 1. The Morgan fingerprint density at radius 2 is 2.00 bits per heavy atom. The molecule has 2 rings (SSSR count). The number of rotatable bonds is 3. The SMILES string of the molecule is CN=C(NC)NCC1(c2ccc(Br)cc2)CCC1. The molecule has 0 saturated heterocycles. The highest BCUT2D eigenvalue weighted by molar-refractivity contribution is 9.10. The third-order valence-electron chi connectivity index (χ3n) is 3.82. The van der Waals surface area contributed by atoms with Crippen LogP contribution >= 0.6 is 15.9 Å². The molecule has 1 fully saturated rings. The molecule has 4 heteroatoms. The number of hydrogen-bond donors (Lipinski definition) is 2. The zero-order valence-corrected chi connectivity index (χ0v) is 12.5. The zero-order chi connectivity index (χ0) is 13.0. The molecular formula is C14H20BrN3. The van der Waals surface area contributed by atoms with E-state index in [9.17, 15) is 0 Å². The van der Waals surface area contributed by atoms with Gasteiger partial charge in [0.25, 0.3) is 0 Å². The molecule has 2 N–H and O–H groups in total. The lowest BCUT2D eigenvalue weighted by Crippen LogP contribution is -2.48. The van der Waals surface area contributed by atoms with Gasteiger partial charge in [-0.3, -0.25) is 4.99 Å². The predicted octanol–water partition coefficient (Wildman–Crippen LogP) is 2.67. The second kappa shape index (κ2) is 5.74. The van der Waals surface area contributed by atoms with Gasteiger partial charge in [0.05, 0.1) is 0 Å². The number of halogens is 1. The van der Waals surface area contributed by atoms with Crippen LogP contribution in [0.15, 0.2) is 33.7 Å². The van der Waals surface area contributed by atoms with E-state index in [2.05, 4.69) is 55.8 Å². The maximum absolute atomic E-state index is 4.16. The molecule has 0 atom stereocenters. The van der Waals surface area contributed by atoms with E-state index < -0.39 is 0 Å². The molecule has 1 aliphatic carbocycles. The summed E-state index contributed by atoms with van der Waals surface area (Å²) in [5.74, 6) is 0.860. The highest BCUT2D eigenvalue weighted by Crippen LogP contribution is 2.43. The first-order valence-corrected chi connectivity index (χ1v) is 7.14. The lowest BCUT2D eigenvalue weighted by molar-refractivity contribution is 0.244. The van der Waals surface area contributed by atoms with Gasteiger partial charge in [0.2, 0.25) is 0 Å². The van der Waals surface area contributed by atoms with Crippen molar-refractivity contribution in [1.29, 1.82) is 0 Å². The molecule has 0 unspecified atom stereocenters. The molecule has 0 bridgehead atoms. The van der Waals surface area contributed by atoms with Crippen molar-refractivity contribution in [1.82, 2.24) is 10.6 Å². The van der Waals surface area contributed by atoms with Gasteiger partial charge in [0, 0.05) is 30.5 Å². The Hall–Kier alpha value is -1.03. The van der Waals surface area contributed by atoms with Crippen molar-refractivity contribution in [3.8, 4) is 0 Å². The van der Waals surface area contributed by atoms with Crippen LogP contribution in [0, 0.1) is 0 Å². The van der Waals surface area contributed by atoms with Gasteiger partial charge >= 0.3 is 0 Å². The van der Waals surface area contributed by atoms with Crippen LogP contribution in [0.3, 0.4) is 0 Å². The van der Waals surface area contributed by atoms with Gasteiger partial charge < -0.3 is 10.6 Å². The predicted molar refractivity (Wildman–Crippen MR) is 80.1 cm³/mol. The molecule has 0 amide bonds. The van der Waals surface area contributed by atoms with Crippen molar-refractivity contribution < 1.29 is 0 Å². The van der Waals surface area contributed by atoms with Crippen molar-refractivity contribution in [2.24, 2.45) is 4.99 Å². The average molecular weight is 310 g/mol. The van der Waals surface area contributed by atoms with Gasteiger partial charge in [-0.1, -0.05) is 34.5 Å². The summed E-state index contributed by atoms with van der Waals surface area (Å²) in [7, 11) is 3.69. The summed E-state index contributed by atoms with van der Waals surface area (Å²) in [5, 5.41) is 6.47. The molecule has 98 valence electrons. The maximum atomic E-state index is 4.16. The molecule has 1 aliphatic rings. The van der Waals surface area contributed by atoms with Crippen LogP contribution < -0.4 is 10.6 Å². The molecule has 18 heavy (non-hydrogen) atoms. The molecule has 0 radical (unpaired) electrons. The minimum atomic E-state index is 0.285. The highest BCUT2D eigenvalue weighted by Gasteiger charge is 2.38. The number of benzene rings is 1.